The standard InChI is InChI=1S/C16H25ClN4/c1-2-9-18-16-19-11-13(17)15(20-16)21-10-5-7-12-6-3-4-8-14(12)21/h11-12,14H,2-10H2,1H3,(H,18,19,20)/t12-,14-/m1/s1. The molecule has 1 aliphatic heterocycles. The van der Waals surface area contributed by atoms with Crippen LogP contribution in [0.15, 0.2) is 6.20 Å². The van der Waals surface area contributed by atoms with Crippen molar-refractivity contribution in [1.29, 1.82) is 0 Å². The number of piperidine rings is 1. The van der Waals surface area contributed by atoms with Gasteiger partial charge in [-0.15, -0.1) is 0 Å². The summed E-state index contributed by atoms with van der Waals surface area (Å²) in [5.41, 5.74) is 0. The third kappa shape index (κ3) is 3.25. The van der Waals surface area contributed by atoms with Gasteiger partial charge < -0.3 is 10.2 Å². The van der Waals surface area contributed by atoms with Gasteiger partial charge in [0.1, 0.15) is 5.02 Å². The van der Waals surface area contributed by atoms with Gasteiger partial charge in [0, 0.05) is 19.1 Å². The summed E-state index contributed by atoms with van der Waals surface area (Å²) in [6.45, 7) is 4.11. The second kappa shape index (κ2) is 6.82. The lowest BCUT2D eigenvalue weighted by molar-refractivity contribution is 0.243. The molecular weight excluding hydrogens is 284 g/mol. The molecule has 0 radical (unpaired) electrons. The summed E-state index contributed by atoms with van der Waals surface area (Å²) in [4.78, 5) is 11.4. The normalized spacial score (nSPS) is 25.5. The maximum atomic E-state index is 6.40. The summed E-state index contributed by atoms with van der Waals surface area (Å²) in [6.07, 6.45) is 10.8. The highest BCUT2D eigenvalue weighted by Gasteiger charge is 2.34. The lowest BCUT2D eigenvalue weighted by Gasteiger charge is -2.45. The third-order valence-corrected chi connectivity index (χ3v) is 5.04. The molecule has 1 saturated carbocycles. The summed E-state index contributed by atoms with van der Waals surface area (Å²) >= 11 is 6.40. The van der Waals surface area contributed by atoms with E-state index in [0.29, 0.717) is 17.0 Å². The highest BCUT2D eigenvalue weighted by Crippen LogP contribution is 2.39. The first kappa shape index (κ1) is 14.9. The first-order valence-electron chi connectivity index (χ1n) is 8.32. The van der Waals surface area contributed by atoms with Crippen LogP contribution in [0.3, 0.4) is 0 Å². The number of nitrogens with one attached hydrogen (secondary N) is 1. The average molecular weight is 309 g/mol. The van der Waals surface area contributed by atoms with E-state index in [1.54, 1.807) is 6.20 Å². The Labute approximate surface area is 132 Å². The van der Waals surface area contributed by atoms with Crippen molar-refractivity contribution in [2.75, 3.05) is 23.3 Å². The second-order valence-corrected chi connectivity index (χ2v) is 6.65. The molecule has 1 aliphatic carbocycles. The largest absolute Gasteiger partial charge is 0.354 e. The fraction of sp³-hybridized carbons (Fsp3) is 0.750. The molecule has 2 atom stereocenters. The third-order valence-electron chi connectivity index (χ3n) is 4.77. The number of fused-ring (bicyclic) bond motifs is 1. The topological polar surface area (TPSA) is 41.1 Å². The molecular formula is C16H25ClN4. The number of rotatable bonds is 4. The Morgan fingerprint density at radius 2 is 2.10 bits per heavy atom. The maximum absolute atomic E-state index is 6.40. The summed E-state index contributed by atoms with van der Waals surface area (Å²) in [6, 6.07) is 0.624. The fourth-order valence-electron chi connectivity index (χ4n) is 3.77. The molecule has 0 spiro atoms. The molecule has 2 fully saturated rings. The molecule has 0 unspecified atom stereocenters. The van der Waals surface area contributed by atoms with E-state index in [1.165, 1.54) is 38.5 Å². The van der Waals surface area contributed by atoms with Crippen molar-refractivity contribution >= 4 is 23.4 Å². The molecule has 1 N–H and O–H groups in total. The summed E-state index contributed by atoms with van der Waals surface area (Å²) in [5.74, 6) is 2.46. The van der Waals surface area contributed by atoms with Crippen molar-refractivity contribution in [2.45, 2.75) is 57.9 Å². The highest BCUT2D eigenvalue weighted by atomic mass is 35.5. The van der Waals surface area contributed by atoms with Crippen LogP contribution in [0, 0.1) is 5.92 Å². The van der Waals surface area contributed by atoms with Gasteiger partial charge in [-0.1, -0.05) is 31.4 Å². The molecule has 3 rings (SSSR count). The van der Waals surface area contributed by atoms with Crippen molar-refractivity contribution in [3.63, 3.8) is 0 Å². The predicted molar refractivity (Wildman–Crippen MR) is 88.1 cm³/mol. The zero-order valence-corrected chi connectivity index (χ0v) is 13.6. The molecule has 5 heteroatoms. The van der Waals surface area contributed by atoms with E-state index < -0.39 is 0 Å². The number of anilines is 2. The predicted octanol–water partition coefficient (Wildman–Crippen LogP) is 4.11. The maximum Gasteiger partial charge on any atom is 0.224 e. The van der Waals surface area contributed by atoms with Crippen molar-refractivity contribution in [2.24, 2.45) is 5.92 Å². The molecule has 21 heavy (non-hydrogen) atoms. The van der Waals surface area contributed by atoms with Crippen LogP contribution >= 0.6 is 11.6 Å². The van der Waals surface area contributed by atoms with Crippen molar-refractivity contribution in [3.05, 3.63) is 11.2 Å². The van der Waals surface area contributed by atoms with Gasteiger partial charge in [-0.2, -0.15) is 4.98 Å². The van der Waals surface area contributed by atoms with Gasteiger partial charge >= 0.3 is 0 Å². The van der Waals surface area contributed by atoms with E-state index in [1.807, 2.05) is 0 Å². The molecule has 2 heterocycles. The average Bonchev–Trinajstić information content (AvgIpc) is 2.54. The molecule has 0 aromatic carbocycles. The van der Waals surface area contributed by atoms with Gasteiger partial charge in [0.25, 0.3) is 0 Å². The number of halogens is 1. The van der Waals surface area contributed by atoms with E-state index >= 15 is 0 Å². The molecule has 2 aliphatic rings. The van der Waals surface area contributed by atoms with Crippen LogP contribution < -0.4 is 10.2 Å². The minimum atomic E-state index is 0.624. The summed E-state index contributed by atoms with van der Waals surface area (Å²) in [5, 5.41) is 3.95. The van der Waals surface area contributed by atoms with Crippen molar-refractivity contribution < 1.29 is 0 Å². The summed E-state index contributed by atoms with van der Waals surface area (Å²) in [7, 11) is 0. The van der Waals surface area contributed by atoms with Crippen LogP contribution in [0.25, 0.3) is 0 Å². The van der Waals surface area contributed by atoms with Gasteiger partial charge in [0.15, 0.2) is 5.82 Å². The minimum Gasteiger partial charge on any atom is -0.354 e. The Bertz CT molecular complexity index is 477. The number of aromatic nitrogens is 2. The van der Waals surface area contributed by atoms with E-state index in [0.717, 1.165) is 31.2 Å². The molecule has 0 bridgehead atoms. The van der Waals surface area contributed by atoms with Gasteiger partial charge in [0.05, 0.1) is 6.20 Å². The van der Waals surface area contributed by atoms with Gasteiger partial charge in [-0.3, -0.25) is 0 Å². The first-order chi connectivity index (χ1) is 10.3. The first-order valence-corrected chi connectivity index (χ1v) is 8.70. The zero-order valence-electron chi connectivity index (χ0n) is 12.8. The van der Waals surface area contributed by atoms with Crippen LogP contribution in [-0.2, 0) is 0 Å². The number of nitrogens with zero attached hydrogens (tertiary/aromatic N) is 3. The molecule has 116 valence electrons. The number of hydrogen-bond acceptors (Lipinski definition) is 4. The zero-order chi connectivity index (χ0) is 14.7. The van der Waals surface area contributed by atoms with Crippen LogP contribution in [-0.4, -0.2) is 29.1 Å². The Hall–Kier alpha value is -1.03. The molecule has 1 saturated heterocycles. The lowest BCUT2D eigenvalue weighted by atomic mass is 9.78. The van der Waals surface area contributed by atoms with Gasteiger partial charge in [0.2, 0.25) is 5.95 Å². The quantitative estimate of drug-likeness (QED) is 0.908. The number of hydrogen-bond donors (Lipinski definition) is 1. The van der Waals surface area contributed by atoms with Crippen molar-refractivity contribution in [3.8, 4) is 0 Å². The Kier molecular flexibility index (Phi) is 4.84. The SMILES string of the molecule is CCCNc1ncc(Cl)c(N2CCC[C@H]3CCCC[C@H]32)n1. The minimum absolute atomic E-state index is 0.624. The molecule has 4 nitrogen and oxygen atoms in total. The fourth-order valence-corrected chi connectivity index (χ4v) is 3.97. The van der Waals surface area contributed by atoms with Crippen LogP contribution in [0.4, 0.5) is 11.8 Å². The smallest absolute Gasteiger partial charge is 0.224 e. The van der Waals surface area contributed by atoms with Crippen LogP contribution in [0.5, 0.6) is 0 Å². The summed E-state index contributed by atoms with van der Waals surface area (Å²) < 4.78 is 0. The Morgan fingerprint density at radius 1 is 1.29 bits per heavy atom. The van der Waals surface area contributed by atoms with E-state index in [-0.39, 0.29) is 0 Å². The lowest BCUT2D eigenvalue weighted by Crippen LogP contribution is -2.47. The van der Waals surface area contributed by atoms with Crippen molar-refractivity contribution in [1.82, 2.24) is 9.97 Å². The van der Waals surface area contributed by atoms with E-state index in [2.05, 4.69) is 22.1 Å². The van der Waals surface area contributed by atoms with Crippen LogP contribution in [0.2, 0.25) is 5.02 Å². The molecule has 1 aromatic rings. The second-order valence-electron chi connectivity index (χ2n) is 6.24. The van der Waals surface area contributed by atoms with Gasteiger partial charge in [-0.05, 0) is 38.0 Å². The highest BCUT2D eigenvalue weighted by molar-refractivity contribution is 6.32. The molecule has 1 aromatic heterocycles. The molecule has 0 amide bonds. The van der Waals surface area contributed by atoms with E-state index in [9.17, 15) is 0 Å². The Morgan fingerprint density at radius 3 is 2.95 bits per heavy atom. The van der Waals surface area contributed by atoms with Gasteiger partial charge in [-0.25, -0.2) is 4.98 Å². The monoisotopic (exact) mass is 308 g/mol. The van der Waals surface area contributed by atoms with E-state index in [4.69, 9.17) is 16.6 Å². The Balaban J connectivity index is 1.83. The van der Waals surface area contributed by atoms with Crippen LogP contribution in [0.1, 0.15) is 51.9 Å².